The van der Waals surface area contributed by atoms with E-state index >= 15 is 0 Å². The van der Waals surface area contributed by atoms with Crippen LogP contribution in [0.4, 0.5) is 0 Å². The Morgan fingerprint density at radius 1 is 1.43 bits per heavy atom. The molecule has 0 radical (unpaired) electrons. The Morgan fingerprint density at radius 2 is 2.35 bits per heavy atom. The van der Waals surface area contributed by atoms with E-state index in [1.807, 2.05) is 6.92 Å². The van der Waals surface area contributed by atoms with E-state index in [9.17, 15) is 4.79 Å². The van der Waals surface area contributed by atoms with E-state index in [2.05, 4.69) is 15.3 Å². The molecule has 6 nitrogen and oxygen atoms in total. The number of aryl methyl sites for hydroxylation is 1. The molecule has 4 rings (SSSR count). The average molecular weight is 337 g/mol. The van der Waals surface area contributed by atoms with E-state index in [0.717, 1.165) is 49.7 Å². The summed E-state index contributed by atoms with van der Waals surface area (Å²) in [4.78, 5) is 25.3. The summed E-state index contributed by atoms with van der Waals surface area (Å²) in [5.74, 6) is -0.0129. The van der Waals surface area contributed by atoms with Crippen molar-refractivity contribution in [3.63, 3.8) is 0 Å². The second kappa shape index (κ2) is 6.47. The normalized spacial score (nSPS) is 31.5. The van der Waals surface area contributed by atoms with Gasteiger partial charge in [-0.3, -0.25) is 14.5 Å². The average Bonchev–Trinajstić information content (AvgIpc) is 3.26. The van der Waals surface area contributed by atoms with Gasteiger partial charge in [-0.2, -0.15) is 0 Å². The van der Waals surface area contributed by atoms with Crippen LogP contribution in [0.3, 0.4) is 0 Å². The number of fused-ring (bicyclic) bond motifs is 1. The number of nitrogens with zero attached hydrogens (tertiary/aromatic N) is 3. The Bertz CT molecular complexity index is 573. The molecule has 3 fully saturated rings. The van der Waals surface area contributed by atoms with Gasteiger partial charge in [-0.05, 0) is 26.2 Å². The minimum absolute atomic E-state index is 0.00841. The standard InChI is InChI=1S/C16H23N3O3S/c1-11-10-23-14(17-11)9-18-8-12(15-13(18)4-7-21-15)16(20)19-5-2-3-6-22-19/h10,12-13,15H,2-9H2,1H3/t12-,13+,15+/m0/s1. The van der Waals surface area contributed by atoms with Crippen LogP contribution in [0.5, 0.6) is 0 Å². The number of hydrogen-bond donors (Lipinski definition) is 0. The smallest absolute Gasteiger partial charge is 0.253 e. The Labute approximate surface area is 140 Å². The lowest BCUT2D eigenvalue weighted by Crippen LogP contribution is -2.43. The van der Waals surface area contributed by atoms with Gasteiger partial charge in [0.2, 0.25) is 0 Å². The molecule has 3 aliphatic rings. The van der Waals surface area contributed by atoms with Gasteiger partial charge in [0, 0.05) is 36.8 Å². The first kappa shape index (κ1) is 15.5. The highest BCUT2D eigenvalue weighted by atomic mass is 32.1. The molecule has 126 valence electrons. The molecule has 7 heteroatoms. The van der Waals surface area contributed by atoms with E-state index in [4.69, 9.17) is 9.57 Å². The summed E-state index contributed by atoms with van der Waals surface area (Å²) in [6.07, 6.45) is 3.07. The number of likely N-dealkylation sites (tertiary alicyclic amines) is 1. The lowest BCUT2D eigenvalue weighted by molar-refractivity contribution is -0.203. The summed E-state index contributed by atoms with van der Waals surface area (Å²) >= 11 is 1.69. The molecular weight excluding hydrogens is 314 g/mol. The third-order valence-electron chi connectivity index (χ3n) is 4.97. The third-order valence-corrected chi connectivity index (χ3v) is 5.92. The molecule has 3 saturated heterocycles. The van der Waals surface area contributed by atoms with E-state index < -0.39 is 0 Å². The zero-order valence-corrected chi connectivity index (χ0v) is 14.3. The summed E-state index contributed by atoms with van der Waals surface area (Å²) in [6.45, 7) is 5.67. The van der Waals surface area contributed by atoms with E-state index in [1.165, 1.54) is 0 Å². The fourth-order valence-corrected chi connectivity index (χ4v) is 4.67. The minimum Gasteiger partial charge on any atom is -0.376 e. The van der Waals surface area contributed by atoms with Gasteiger partial charge in [-0.1, -0.05) is 0 Å². The number of ether oxygens (including phenoxy) is 1. The molecule has 3 atom stereocenters. The molecule has 3 aliphatic heterocycles. The summed E-state index contributed by atoms with van der Waals surface area (Å²) in [6, 6.07) is 0.331. The first-order chi connectivity index (χ1) is 11.2. The van der Waals surface area contributed by atoms with Crippen LogP contribution in [0.25, 0.3) is 0 Å². The predicted octanol–water partition coefficient (Wildman–Crippen LogP) is 1.59. The fourth-order valence-electron chi connectivity index (χ4n) is 3.87. The lowest BCUT2D eigenvalue weighted by atomic mass is 10.0. The van der Waals surface area contributed by atoms with E-state index in [1.54, 1.807) is 16.4 Å². The van der Waals surface area contributed by atoms with Gasteiger partial charge in [-0.25, -0.2) is 10.0 Å². The van der Waals surface area contributed by atoms with Crippen molar-refractivity contribution in [2.45, 2.75) is 44.9 Å². The molecule has 1 aromatic heterocycles. The third kappa shape index (κ3) is 3.03. The van der Waals surface area contributed by atoms with Crippen molar-refractivity contribution in [3.05, 3.63) is 16.1 Å². The molecule has 0 aromatic carbocycles. The highest BCUT2D eigenvalue weighted by Gasteiger charge is 2.50. The topological polar surface area (TPSA) is 54.9 Å². The van der Waals surface area contributed by atoms with Crippen molar-refractivity contribution in [1.82, 2.24) is 14.9 Å². The monoisotopic (exact) mass is 337 g/mol. The minimum atomic E-state index is -0.110. The Kier molecular flexibility index (Phi) is 4.36. The summed E-state index contributed by atoms with van der Waals surface area (Å²) < 4.78 is 5.91. The number of amides is 1. The zero-order chi connectivity index (χ0) is 15.8. The Balaban J connectivity index is 1.47. The van der Waals surface area contributed by atoms with Gasteiger partial charge in [0.1, 0.15) is 5.01 Å². The van der Waals surface area contributed by atoms with Crippen LogP contribution in [0.2, 0.25) is 0 Å². The lowest BCUT2D eigenvalue weighted by Gasteiger charge is -2.29. The molecule has 0 saturated carbocycles. The first-order valence-corrected chi connectivity index (χ1v) is 9.31. The number of hydroxylamine groups is 2. The molecule has 23 heavy (non-hydrogen) atoms. The molecule has 0 unspecified atom stereocenters. The maximum Gasteiger partial charge on any atom is 0.253 e. The van der Waals surface area contributed by atoms with Crippen molar-refractivity contribution in [2.24, 2.45) is 5.92 Å². The van der Waals surface area contributed by atoms with Crippen molar-refractivity contribution in [2.75, 3.05) is 26.3 Å². The van der Waals surface area contributed by atoms with Crippen molar-refractivity contribution >= 4 is 17.2 Å². The van der Waals surface area contributed by atoms with Gasteiger partial charge in [0.25, 0.3) is 5.91 Å². The molecule has 1 aromatic rings. The van der Waals surface area contributed by atoms with Crippen LogP contribution in [0.15, 0.2) is 5.38 Å². The number of carbonyl (C=O) groups excluding carboxylic acids is 1. The van der Waals surface area contributed by atoms with Crippen molar-refractivity contribution in [3.8, 4) is 0 Å². The molecular formula is C16H23N3O3S. The fraction of sp³-hybridized carbons (Fsp3) is 0.750. The maximum atomic E-state index is 12.8. The van der Waals surface area contributed by atoms with Crippen molar-refractivity contribution in [1.29, 1.82) is 0 Å². The summed E-state index contributed by atoms with van der Waals surface area (Å²) in [5, 5.41) is 4.78. The molecule has 4 heterocycles. The molecule has 0 bridgehead atoms. The quantitative estimate of drug-likeness (QED) is 0.838. The second-order valence-electron chi connectivity index (χ2n) is 6.59. The Morgan fingerprint density at radius 3 is 3.09 bits per heavy atom. The largest absolute Gasteiger partial charge is 0.376 e. The number of rotatable bonds is 3. The summed E-state index contributed by atoms with van der Waals surface area (Å²) in [7, 11) is 0. The van der Waals surface area contributed by atoms with Gasteiger partial charge in [0.15, 0.2) is 0 Å². The van der Waals surface area contributed by atoms with E-state index in [0.29, 0.717) is 19.2 Å². The second-order valence-corrected chi connectivity index (χ2v) is 7.53. The highest BCUT2D eigenvalue weighted by Crippen LogP contribution is 2.36. The van der Waals surface area contributed by atoms with Crippen LogP contribution in [-0.2, 0) is 20.9 Å². The van der Waals surface area contributed by atoms with Gasteiger partial charge >= 0.3 is 0 Å². The van der Waals surface area contributed by atoms with Crippen molar-refractivity contribution < 1.29 is 14.4 Å². The van der Waals surface area contributed by atoms with Crippen LogP contribution in [0, 0.1) is 12.8 Å². The van der Waals surface area contributed by atoms with Gasteiger partial charge < -0.3 is 4.74 Å². The number of aromatic nitrogens is 1. The Hall–Kier alpha value is -1.02. The molecule has 0 N–H and O–H groups in total. The van der Waals surface area contributed by atoms with Gasteiger partial charge in [0.05, 0.1) is 25.2 Å². The molecule has 1 amide bonds. The van der Waals surface area contributed by atoms with Crippen LogP contribution >= 0.6 is 11.3 Å². The summed E-state index contributed by atoms with van der Waals surface area (Å²) in [5.41, 5.74) is 1.07. The number of carbonyl (C=O) groups is 1. The van der Waals surface area contributed by atoms with Gasteiger partial charge in [-0.15, -0.1) is 11.3 Å². The molecule has 0 spiro atoms. The number of hydrogen-bond acceptors (Lipinski definition) is 6. The van der Waals surface area contributed by atoms with Crippen LogP contribution in [-0.4, -0.2) is 59.3 Å². The maximum absolute atomic E-state index is 12.8. The number of thiazole rings is 1. The van der Waals surface area contributed by atoms with E-state index in [-0.39, 0.29) is 17.9 Å². The first-order valence-electron chi connectivity index (χ1n) is 8.43. The highest BCUT2D eigenvalue weighted by molar-refractivity contribution is 7.09. The van der Waals surface area contributed by atoms with Crippen LogP contribution < -0.4 is 0 Å². The molecule has 0 aliphatic carbocycles. The predicted molar refractivity (Wildman–Crippen MR) is 85.8 cm³/mol. The SMILES string of the molecule is Cc1csc(CN2C[C@H](C(=O)N3CCCCO3)[C@H]3OCC[C@H]32)n1. The van der Waals surface area contributed by atoms with Crippen LogP contribution in [0.1, 0.15) is 30.0 Å². The zero-order valence-electron chi connectivity index (χ0n) is 13.4.